The van der Waals surface area contributed by atoms with E-state index in [-0.39, 0.29) is 12.3 Å². The molecular formula is C12H23NO2. The maximum atomic E-state index is 5.20. The number of hydrogen-bond donors (Lipinski definition) is 1. The van der Waals surface area contributed by atoms with Crippen LogP contribution in [-0.2, 0) is 9.47 Å². The topological polar surface area (TPSA) is 30.5 Å². The Labute approximate surface area is 92.8 Å². The first-order valence-electron chi connectivity index (χ1n) is 5.72. The highest BCUT2D eigenvalue weighted by molar-refractivity contribution is 4.90. The van der Waals surface area contributed by atoms with Gasteiger partial charge >= 0.3 is 0 Å². The minimum Gasteiger partial charge on any atom is -0.354 e. The van der Waals surface area contributed by atoms with Gasteiger partial charge in [0.25, 0.3) is 0 Å². The molecule has 88 valence electrons. The maximum Gasteiger partial charge on any atom is 0.171 e. The third-order valence-electron chi connectivity index (χ3n) is 2.98. The lowest BCUT2D eigenvalue weighted by atomic mass is 9.94. The zero-order valence-electron chi connectivity index (χ0n) is 10.0. The van der Waals surface area contributed by atoms with Crippen LogP contribution in [-0.4, -0.2) is 33.1 Å². The lowest BCUT2D eigenvalue weighted by Crippen LogP contribution is -2.41. The van der Waals surface area contributed by atoms with Crippen LogP contribution < -0.4 is 5.32 Å². The summed E-state index contributed by atoms with van der Waals surface area (Å²) < 4.78 is 10.4. The molecule has 1 N–H and O–H groups in total. The second kappa shape index (κ2) is 6.99. The van der Waals surface area contributed by atoms with Gasteiger partial charge in [-0.15, -0.1) is 0 Å². The molecule has 0 saturated carbocycles. The Morgan fingerprint density at radius 3 is 2.60 bits per heavy atom. The predicted molar refractivity (Wildman–Crippen MR) is 61.8 cm³/mol. The number of methoxy groups -OCH3 is 2. The molecule has 0 amide bonds. The van der Waals surface area contributed by atoms with Gasteiger partial charge in [0.05, 0.1) is 6.04 Å². The molecule has 1 aliphatic rings. The molecule has 2 atom stereocenters. The van der Waals surface area contributed by atoms with Crippen LogP contribution in [0, 0.1) is 5.92 Å². The van der Waals surface area contributed by atoms with Crippen LogP contribution in [0.5, 0.6) is 0 Å². The van der Waals surface area contributed by atoms with Gasteiger partial charge in [-0.25, -0.2) is 0 Å². The lowest BCUT2D eigenvalue weighted by Gasteiger charge is -2.25. The van der Waals surface area contributed by atoms with E-state index < -0.39 is 0 Å². The number of rotatable bonds is 6. The summed E-state index contributed by atoms with van der Waals surface area (Å²) in [6, 6.07) is 0.242. The normalized spacial score (nSPS) is 23.3. The van der Waals surface area contributed by atoms with E-state index in [9.17, 15) is 0 Å². The van der Waals surface area contributed by atoms with Crippen molar-refractivity contribution in [1.29, 1.82) is 0 Å². The van der Waals surface area contributed by atoms with Gasteiger partial charge in [0.1, 0.15) is 0 Å². The first-order chi connectivity index (χ1) is 7.27. The van der Waals surface area contributed by atoms with E-state index in [2.05, 4.69) is 24.4 Å². The summed E-state index contributed by atoms with van der Waals surface area (Å²) in [5.74, 6) is 0.770. The Morgan fingerprint density at radius 2 is 2.07 bits per heavy atom. The van der Waals surface area contributed by atoms with Crippen LogP contribution in [0.4, 0.5) is 0 Å². The van der Waals surface area contributed by atoms with Crippen molar-refractivity contribution in [2.24, 2.45) is 5.92 Å². The molecule has 2 unspecified atom stereocenters. The molecule has 3 nitrogen and oxygen atoms in total. The standard InChI is InChI=1S/C12H23NO2/c1-10(12(14-2)15-3)13-9-11-7-5-4-6-8-11/h4-5,10-13H,6-9H2,1-3H3. The minimum absolute atomic E-state index is 0.149. The smallest absolute Gasteiger partial charge is 0.171 e. The highest BCUT2D eigenvalue weighted by atomic mass is 16.7. The van der Waals surface area contributed by atoms with Gasteiger partial charge in [0.2, 0.25) is 0 Å². The van der Waals surface area contributed by atoms with Gasteiger partial charge in [-0.3, -0.25) is 0 Å². The molecule has 0 aromatic rings. The third-order valence-corrected chi connectivity index (χ3v) is 2.98. The van der Waals surface area contributed by atoms with Crippen LogP contribution in [0.2, 0.25) is 0 Å². The van der Waals surface area contributed by atoms with Crippen LogP contribution >= 0.6 is 0 Å². The summed E-state index contributed by atoms with van der Waals surface area (Å²) in [5.41, 5.74) is 0. The fourth-order valence-corrected chi connectivity index (χ4v) is 1.99. The summed E-state index contributed by atoms with van der Waals surface area (Å²) >= 11 is 0. The van der Waals surface area contributed by atoms with Crippen molar-refractivity contribution in [3.63, 3.8) is 0 Å². The molecule has 0 aliphatic heterocycles. The quantitative estimate of drug-likeness (QED) is 0.540. The number of hydrogen-bond acceptors (Lipinski definition) is 3. The summed E-state index contributed by atoms with van der Waals surface area (Å²) in [6.45, 7) is 3.14. The third kappa shape index (κ3) is 4.33. The number of allylic oxidation sites excluding steroid dienone is 2. The van der Waals surface area contributed by atoms with E-state index in [1.54, 1.807) is 14.2 Å². The highest BCUT2D eigenvalue weighted by Crippen LogP contribution is 2.17. The van der Waals surface area contributed by atoms with Gasteiger partial charge in [-0.1, -0.05) is 12.2 Å². The van der Waals surface area contributed by atoms with Gasteiger partial charge < -0.3 is 14.8 Å². The molecule has 0 aromatic carbocycles. The van der Waals surface area contributed by atoms with E-state index in [0.717, 1.165) is 12.5 Å². The molecule has 1 aliphatic carbocycles. The van der Waals surface area contributed by atoms with Crippen LogP contribution in [0.25, 0.3) is 0 Å². The SMILES string of the molecule is COC(OC)C(C)NCC1CC=CCC1. The first kappa shape index (κ1) is 12.7. The monoisotopic (exact) mass is 213 g/mol. The predicted octanol–water partition coefficient (Wildman–Crippen LogP) is 1.94. The molecule has 0 heterocycles. The summed E-state index contributed by atoms with van der Waals surface area (Å²) in [7, 11) is 3.35. The Morgan fingerprint density at radius 1 is 1.33 bits per heavy atom. The summed E-state index contributed by atoms with van der Waals surface area (Å²) in [6.07, 6.45) is 8.12. The van der Waals surface area contributed by atoms with Crippen LogP contribution in [0.1, 0.15) is 26.2 Å². The van der Waals surface area contributed by atoms with E-state index in [1.165, 1.54) is 19.3 Å². The average Bonchev–Trinajstić information content (AvgIpc) is 2.29. The van der Waals surface area contributed by atoms with E-state index in [0.29, 0.717) is 0 Å². The van der Waals surface area contributed by atoms with Gasteiger partial charge in [0, 0.05) is 14.2 Å². The zero-order valence-corrected chi connectivity index (χ0v) is 10.0. The summed E-state index contributed by atoms with van der Waals surface area (Å²) in [5, 5.41) is 3.47. The largest absolute Gasteiger partial charge is 0.354 e. The Bertz CT molecular complexity index is 190. The van der Waals surface area contributed by atoms with Crippen molar-refractivity contribution < 1.29 is 9.47 Å². The van der Waals surface area contributed by atoms with Gasteiger partial charge in [0.15, 0.2) is 6.29 Å². The first-order valence-corrected chi connectivity index (χ1v) is 5.72. The molecule has 0 saturated heterocycles. The second-order valence-electron chi connectivity index (χ2n) is 4.19. The molecule has 1 rings (SSSR count). The summed E-state index contributed by atoms with van der Waals surface area (Å²) in [4.78, 5) is 0. The number of nitrogens with one attached hydrogen (secondary N) is 1. The Balaban J connectivity index is 2.20. The zero-order chi connectivity index (χ0) is 11.1. The lowest BCUT2D eigenvalue weighted by molar-refractivity contribution is -0.119. The van der Waals surface area contributed by atoms with Gasteiger partial charge in [-0.2, -0.15) is 0 Å². The van der Waals surface area contributed by atoms with Crippen molar-refractivity contribution in [1.82, 2.24) is 5.32 Å². The van der Waals surface area contributed by atoms with Crippen molar-refractivity contribution in [3.05, 3.63) is 12.2 Å². The van der Waals surface area contributed by atoms with Crippen molar-refractivity contribution in [3.8, 4) is 0 Å². The minimum atomic E-state index is -0.149. The molecule has 0 aromatic heterocycles. The van der Waals surface area contributed by atoms with Gasteiger partial charge in [-0.05, 0) is 38.6 Å². The fourth-order valence-electron chi connectivity index (χ4n) is 1.99. The van der Waals surface area contributed by atoms with E-state index >= 15 is 0 Å². The van der Waals surface area contributed by atoms with E-state index in [1.807, 2.05) is 0 Å². The van der Waals surface area contributed by atoms with E-state index in [4.69, 9.17) is 9.47 Å². The molecule has 0 spiro atoms. The Kier molecular flexibility index (Phi) is 5.91. The molecule has 0 bridgehead atoms. The van der Waals surface area contributed by atoms with Crippen LogP contribution in [0.3, 0.4) is 0 Å². The van der Waals surface area contributed by atoms with Crippen molar-refractivity contribution in [2.45, 2.75) is 38.5 Å². The van der Waals surface area contributed by atoms with Crippen molar-refractivity contribution >= 4 is 0 Å². The van der Waals surface area contributed by atoms with Crippen molar-refractivity contribution in [2.75, 3.05) is 20.8 Å². The molecular weight excluding hydrogens is 190 g/mol. The number of ether oxygens (including phenoxy) is 2. The molecule has 0 radical (unpaired) electrons. The molecule has 0 fully saturated rings. The fraction of sp³-hybridized carbons (Fsp3) is 0.833. The molecule has 3 heteroatoms. The molecule has 15 heavy (non-hydrogen) atoms. The highest BCUT2D eigenvalue weighted by Gasteiger charge is 2.17. The Hall–Kier alpha value is -0.380. The van der Waals surface area contributed by atoms with Crippen LogP contribution in [0.15, 0.2) is 12.2 Å². The second-order valence-corrected chi connectivity index (χ2v) is 4.19. The maximum absolute atomic E-state index is 5.20. The average molecular weight is 213 g/mol.